The molecule has 1 aromatic carbocycles. The van der Waals surface area contributed by atoms with Crippen molar-refractivity contribution in [3.05, 3.63) is 29.3 Å². The maximum Gasteiger partial charge on any atom is 0.255 e. The molecule has 1 N–H and O–H groups in total. The molecule has 1 saturated heterocycles. The molecule has 2 rings (SSSR count). The van der Waals surface area contributed by atoms with Crippen LogP contribution in [0.1, 0.15) is 15.9 Å². The van der Waals surface area contributed by atoms with E-state index < -0.39 is 0 Å². The number of nitrogens with zero attached hydrogens (tertiary/aromatic N) is 1. The van der Waals surface area contributed by atoms with Crippen LogP contribution in [0.5, 0.6) is 5.75 Å². The van der Waals surface area contributed by atoms with E-state index in [-0.39, 0.29) is 24.5 Å². The Morgan fingerprint density at radius 3 is 2.95 bits per heavy atom. The zero-order chi connectivity index (χ0) is 15.4. The van der Waals surface area contributed by atoms with Crippen LogP contribution in [0.3, 0.4) is 0 Å². The molecule has 1 aliphatic heterocycles. The standard InChI is InChI=1S/C15H20N2O4/c1-10-5-4-6-12(20-3)14(10)15(19)16-7-11-8-17(2)13(18)9-21-11/h4-6,11H,7-9H2,1-3H3,(H,16,19)/t11-/m0/s1. The lowest BCUT2D eigenvalue weighted by molar-refractivity contribution is -0.146. The molecule has 1 heterocycles. The van der Waals surface area contributed by atoms with Crippen LogP contribution in [0, 0.1) is 6.92 Å². The fourth-order valence-corrected chi connectivity index (χ4v) is 2.28. The number of carbonyl (C=O) groups excluding carboxylic acids is 2. The largest absolute Gasteiger partial charge is 0.496 e. The molecule has 1 aliphatic rings. The average Bonchev–Trinajstić information content (AvgIpc) is 2.47. The van der Waals surface area contributed by atoms with Crippen molar-refractivity contribution in [3.63, 3.8) is 0 Å². The summed E-state index contributed by atoms with van der Waals surface area (Å²) in [5, 5.41) is 2.84. The minimum absolute atomic E-state index is 0.0434. The molecular weight excluding hydrogens is 272 g/mol. The van der Waals surface area contributed by atoms with Gasteiger partial charge >= 0.3 is 0 Å². The van der Waals surface area contributed by atoms with Crippen molar-refractivity contribution in [2.45, 2.75) is 13.0 Å². The van der Waals surface area contributed by atoms with Crippen LogP contribution in [-0.4, -0.2) is 56.7 Å². The molecule has 2 amide bonds. The van der Waals surface area contributed by atoms with Crippen molar-refractivity contribution in [1.29, 1.82) is 0 Å². The van der Waals surface area contributed by atoms with E-state index in [0.29, 0.717) is 24.4 Å². The van der Waals surface area contributed by atoms with Gasteiger partial charge in [0, 0.05) is 20.1 Å². The Morgan fingerprint density at radius 1 is 1.52 bits per heavy atom. The summed E-state index contributed by atoms with van der Waals surface area (Å²) in [6, 6.07) is 5.46. The first-order valence-corrected chi connectivity index (χ1v) is 6.80. The minimum atomic E-state index is -0.201. The maximum absolute atomic E-state index is 12.3. The zero-order valence-corrected chi connectivity index (χ0v) is 12.5. The summed E-state index contributed by atoms with van der Waals surface area (Å²) in [6.07, 6.45) is -0.188. The zero-order valence-electron chi connectivity index (χ0n) is 12.5. The number of ether oxygens (including phenoxy) is 2. The number of aryl methyl sites for hydroxylation is 1. The number of morpholine rings is 1. The lowest BCUT2D eigenvalue weighted by Crippen LogP contribution is -2.48. The highest BCUT2D eigenvalue weighted by atomic mass is 16.5. The van der Waals surface area contributed by atoms with Crippen LogP contribution < -0.4 is 10.1 Å². The second kappa shape index (κ2) is 6.58. The predicted molar refractivity (Wildman–Crippen MR) is 77.4 cm³/mol. The Kier molecular flexibility index (Phi) is 4.80. The number of methoxy groups -OCH3 is 1. The van der Waals surface area contributed by atoms with Crippen molar-refractivity contribution in [1.82, 2.24) is 10.2 Å². The Morgan fingerprint density at radius 2 is 2.29 bits per heavy atom. The molecule has 0 bridgehead atoms. The highest BCUT2D eigenvalue weighted by Crippen LogP contribution is 2.21. The van der Waals surface area contributed by atoms with E-state index in [1.54, 1.807) is 18.0 Å². The number of hydrogen-bond acceptors (Lipinski definition) is 4. The summed E-state index contributed by atoms with van der Waals surface area (Å²) >= 11 is 0. The van der Waals surface area contributed by atoms with Crippen LogP contribution in [0.15, 0.2) is 18.2 Å². The van der Waals surface area contributed by atoms with Gasteiger partial charge in [-0.2, -0.15) is 0 Å². The van der Waals surface area contributed by atoms with Gasteiger partial charge < -0.3 is 19.7 Å². The highest BCUT2D eigenvalue weighted by molar-refractivity contribution is 5.98. The van der Waals surface area contributed by atoms with Crippen LogP contribution in [0.4, 0.5) is 0 Å². The fraction of sp³-hybridized carbons (Fsp3) is 0.467. The normalized spacial score (nSPS) is 18.5. The van der Waals surface area contributed by atoms with Crippen molar-refractivity contribution in [2.75, 3.05) is 33.9 Å². The Balaban J connectivity index is 1.98. The maximum atomic E-state index is 12.3. The van der Waals surface area contributed by atoms with Crippen LogP contribution >= 0.6 is 0 Å². The summed E-state index contributed by atoms with van der Waals surface area (Å²) in [7, 11) is 3.26. The number of rotatable bonds is 4. The van der Waals surface area contributed by atoms with Gasteiger partial charge in [-0.25, -0.2) is 0 Å². The van der Waals surface area contributed by atoms with Gasteiger partial charge in [0.15, 0.2) is 0 Å². The number of likely N-dealkylation sites (N-methyl/N-ethyl adjacent to an activating group) is 1. The first-order valence-electron chi connectivity index (χ1n) is 6.80. The van der Waals surface area contributed by atoms with Gasteiger partial charge in [-0.15, -0.1) is 0 Å². The summed E-state index contributed by atoms with van der Waals surface area (Å²) < 4.78 is 10.6. The van der Waals surface area contributed by atoms with Gasteiger partial charge in [-0.3, -0.25) is 9.59 Å². The van der Waals surface area contributed by atoms with E-state index in [9.17, 15) is 9.59 Å². The van der Waals surface area contributed by atoms with Gasteiger partial charge in [-0.1, -0.05) is 12.1 Å². The molecule has 1 aromatic rings. The van der Waals surface area contributed by atoms with Crippen LogP contribution in [0.25, 0.3) is 0 Å². The number of amides is 2. The topological polar surface area (TPSA) is 67.9 Å². The van der Waals surface area contributed by atoms with E-state index in [1.807, 2.05) is 19.1 Å². The van der Waals surface area contributed by atoms with E-state index in [1.165, 1.54) is 7.11 Å². The summed E-state index contributed by atoms with van der Waals surface area (Å²) in [4.78, 5) is 25.2. The van der Waals surface area contributed by atoms with Gasteiger partial charge in [0.05, 0.1) is 18.8 Å². The summed E-state index contributed by atoms with van der Waals surface area (Å²) in [6.45, 7) is 2.75. The van der Waals surface area contributed by atoms with Crippen LogP contribution in [-0.2, 0) is 9.53 Å². The van der Waals surface area contributed by atoms with Gasteiger partial charge in [-0.05, 0) is 18.6 Å². The van der Waals surface area contributed by atoms with Crippen molar-refractivity contribution in [3.8, 4) is 5.75 Å². The van der Waals surface area contributed by atoms with E-state index >= 15 is 0 Å². The first kappa shape index (κ1) is 15.3. The Hall–Kier alpha value is -2.08. The molecule has 0 saturated carbocycles. The second-order valence-electron chi connectivity index (χ2n) is 5.07. The predicted octanol–water partition coefficient (Wildman–Crippen LogP) is 0.591. The van der Waals surface area contributed by atoms with Crippen molar-refractivity contribution >= 4 is 11.8 Å². The quantitative estimate of drug-likeness (QED) is 0.882. The van der Waals surface area contributed by atoms with Gasteiger partial charge in [0.25, 0.3) is 5.91 Å². The molecule has 0 aromatic heterocycles. The van der Waals surface area contributed by atoms with Crippen LogP contribution in [0.2, 0.25) is 0 Å². The SMILES string of the molecule is COc1cccc(C)c1C(=O)NC[C@H]1CN(C)C(=O)CO1. The molecular formula is C15H20N2O4. The van der Waals surface area contributed by atoms with Crippen molar-refractivity contribution < 1.29 is 19.1 Å². The Labute approximate surface area is 124 Å². The molecule has 114 valence electrons. The molecule has 6 heteroatoms. The van der Waals surface area contributed by atoms with Gasteiger partial charge in [0.1, 0.15) is 12.4 Å². The monoisotopic (exact) mass is 292 g/mol. The summed E-state index contributed by atoms with van der Waals surface area (Å²) in [5.74, 6) is 0.301. The molecule has 21 heavy (non-hydrogen) atoms. The van der Waals surface area contributed by atoms with Gasteiger partial charge in [0.2, 0.25) is 5.91 Å². The number of carbonyl (C=O) groups is 2. The third-order valence-electron chi connectivity index (χ3n) is 3.52. The number of benzene rings is 1. The molecule has 1 fully saturated rings. The smallest absolute Gasteiger partial charge is 0.255 e. The molecule has 0 radical (unpaired) electrons. The lowest BCUT2D eigenvalue weighted by Gasteiger charge is -2.30. The third-order valence-corrected chi connectivity index (χ3v) is 3.52. The second-order valence-corrected chi connectivity index (χ2v) is 5.07. The van der Waals surface area contributed by atoms with E-state index in [0.717, 1.165) is 5.56 Å². The number of hydrogen-bond donors (Lipinski definition) is 1. The molecule has 0 unspecified atom stereocenters. The van der Waals surface area contributed by atoms with Crippen molar-refractivity contribution in [2.24, 2.45) is 0 Å². The fourth-order valence-electron chi connectivity index (χ4n) is 2.28. The highest BCUT2D eigenvalue weighted by Gasteiger charge is 2.24. The minimum Gasteiger partial charge on any atom is -0.496 e. The summed E-state index contributed by atoms with van der Waals surface area (Å²) in [5.41, 5.74) is 1.38. The Bertz CT molecular complexity index is 544. The molecule has 0 aliphatic carbocycles. The van der Waals surface area contributed by atoms with E-state index in [4.69, 9.17) is 9.47 Å². The first-order chi connectivity index (χ1) is 10.0. The molecule has 1 atom stereocenters. The molecule has 0 spiro atoms. The third kappa shape index (κ3) is 3.52. The van der Waals surface area contributed by atoms with E-state index in [2.05, 4.69) is 5.32 Å². The molecule has 6 nitrogen and oxygen atoms in total. The lowest BCUT2D eigenvalue weighted by atomic mass is 10.1. The average molecular weight is 292 g/mol. The number of nitrogens with one attached hydrogen (secondary N) is 1.